The highest BCUT2D eigenvalue weighted by Gasteiger charge is 2.36. The third kappa shape index (κ3) is 9.43. The normalized spacial score (nSPS) is 20.2. The van der Waals surface area contributed by atoms with Crippen molar-refractivity contribution in [3.63, 3.8) is 0 Å². The first-order valence-electron chi connectivity index (χ1n) is 7.34. The molecule has 1 unspecified atom stereocenters. The summed E-state index contributed by atoms with van der Waals surface area (Å²) in [6.07, 6.45) is 2.04. The van der Waals surface area contributed by atoms with Crippen LogP contribution in [0.15, 0.2) is 0 Å². The zero-order valence-electron chi connectivity index (χ0n) is 13.7. The van der Waals surface area contributed by atoms with E-state index in [-0.39, 0.29) is 0 Å². The van der Waals surface area contributed by atoms with Crippen LogP contribution in [0.4, 0.5) is 0 Å². The van der Waals surface area contributed by atoms with Gasteiger partial charge in [-0.15, -0.1) is 0 Å². The predicted octanol–water partition coefficient (Wildman–Crippen LogP) is 2.71. The summed E-state index contributed by atoms with van der Waals surface area (Å²) in [5, 5.41) is 0. The molecular formula is C13H29O4Si3. The highest BCUT2D eigenvalue weighted by atomic mass is 28.4. The number of hydrogen-bond acceptors (Lipinski definition) is 4. The van der Waals surface area contributed by atoms with Gasteiger partial charge in [-0.25, -0.2) is 0 Å². The van der Waals surface area contributed by atoms with Gasteiger partial charge in [0.2, 0.25) is 0 Å². The first kappa shape index (κ1) is 18.5. The van der Waals surface area contributed by atoms with Gasteiger partial charge in [0.25, 0.3) is 0 Å². The van der Waals surface area contributed by atoms with Crippen molar-refractivity contribution in [1.82, 2.24) is 0 Å². The average Bonchev–Trinajstić information content (AvgIpc) is 2.94. The van der Waals surface area contributed by atoms with E-state index in [9.17, 15) is 0 Å². The van der Waals surface area contributed by atoms with Gasteiger partial charge >= 0.3 is 0 Å². The fourth-order valence-electron chi connectivity index (χ4n) is 1.90. The van der Waals surface area contributed by atoms with E-state index < -0.39 is 22.0 Å². The molecule has 1 aliphatic rings. The van der Waals surface area contributed by atoms with Gasteiger partial charge in [-0.2, -0.15) is 0 Å². The molecule has 3 radical (unpaired) electrons. The Morgan fingerprint density at radius 3 is 2.00 bits per heavy atom. The van der Waals surface area contributed by atoms with Crippen molar-refractivity contribution < 1.29 is 18.3 Å². The second-order valence-corrected chi connectivity index (χ2v) is 16.9. The molecule has 0 spiro atoms. The Labute approximate surface area is 129 Å². The Morgan fingerprint density at radius 1 is 1.10 bits per heavy atom. The standard InChI is InChI=1S/C13H29O4Si3/c1-19(2,3)16-13(18,17-20(4,5)6)8-7-9-14-10-12-11-15-12/h12H,7-11H2,1-6H3. The molecule has 1 rings (SSSR count). The third-order valence-electron chi connectivity index (χ3n) is 2.44. The van der Waals surface area contributed by atoms with Crippen molar-refractivity contribution in [3.05, 3.63) is 0 Å². The van der Waals surface area contributed by atoms with Crippen LogP contribution in [0, 0.1) is 0 Å². The monoisotopic (exact) mass is 333 g/mol. The van der Waals surface area contributed by atoms with Crippen molar-refractivity contribution >= 4 is 26.9 Å². The number of hydrogen-bond donors (Lipinski definition) is 0. The fraction of sp³-hybridized carbons (Fsp3) is 1.00. The van der Waals surface area contributed by atoms with E-state index in [1.165, 1.54) is 0 Å². The Kier molecular flexibility index (Phi) is 6.64. The molecule has 1 heterocycles. The topological polar surface area (TPSA) is 40.2 Å². The van der Waals surface area contributed by atoms with Gasteiger partial charge in [-0.05, 0) is 52.1 Å². The molecule has 0 N–H and O–H groups in total. The highest BCUT2D eigenvalue weighted by molar-refractivity contribution is 6.71. The molecular weight excluding hydrogens is 304 g/mol. The van der Waals surface area contributed by atoms with Crippen LogP contribution in [-0.4, -0.2) is 58.2 Å². The summed E-state index contributed by atoms with van der Waals surface area (Å²) in [5.41, 5.74) is -0.658. The van der Waals surface area contributed by atoms with Crippen LogP contribution in [-0.2, 0) is 18.3 Å². The lowest BCUT2D eigenvalue weighted by atomic mass is 10.3. The van der Waals surface area contributed by atoms with Crippen molar-refractivity contribution in [3.8, 4) is 0 Å². The van der Waals surface area contributed by atoms with Crippen molar-refractivity contribution in [1.29, 1.82) is 0 Å². The zero-order valence-corrected chi connectivity index (χ0v) is 16.7. The van der Waals surface area contributed by atoms with E-state index in [4.69, 9.17) is 18.3 Å². The molecule has 7 heteroatoms. The summed E-state index contributed by atoms with van der Waals surface area (Å²) in [6, 6.07) is 0. The molecule has 4 nitrogen and oxygen atoms in total. The smallest absolute Gasteiger partial charge is 0.187 e. The average molecular weight is 334 g/mol. The lowest BCUT2D eigenvalue weighted by Gasteiger charge is -2.40. The SMILES string of the molecule is C[Si](C)(C)OC([Si])(CCCOCC1CO1)O[Si](C)(C)C. The minimum Gasteiger partial charge on any atom is -0.395 e. The molecule has 0 aromatic carbocycles. The Hall–Kier alpha value is 0.491. The number of ether oxygens (including phenoxy) is 2. The van der Waals surface area contributed by atoms with Gasteiger partial charge in [0.05, 0.1) is 13.2 Å². The minimum absolute atomic E-state index is 0.333. The molecule has 117 valence electrons. The van der Waals surface area contributed by atoms with Crippen LogP contribution >= 0.6 is 0 Å². The van der Waals surface area contributed by atoms with Gasteiger partial charge in [0, 0.05) is 6.61 Å². The number of epoxide rings is 1. The van der Waals surface area contributed by atoms with E-state index in [0.717, 1.165) is 26.1 Å². The second-order valence-electron chi connectivity index (χ2n) is 7.32. The molecule has 0 bridgehead atoms. The molecule has 20 heavy (non-hydrogen) atoms. The first-order valence-corrected chi connectivity index (χ1v) is 14.7. The lowest BCUT2D eigenvalue weighted by molar-refractivity contribution is -0.0632. The van der Waals surface area contributed by atoms with Crippen molar-refractivity contribution in [2.24, 2.45) is 0 Å². The molecule has 1 aliphatic heterocycles. The highest BCUT2D eigenvalue weighted by Crippen LogP contribution is 2.26. The maximum absolute atomic E-state index is 6.23. The lowest BCUT2D eigenvalue weighted by Crippen LogP contribution is -2.50. The van der Waals surface area contributed by atoms with E-state index in [0.29, 0.717) is 12.7 Å². The quantitative estimate of drug-likeness (QED) is 0.267. The van der Waals surface area contributed by atoms with Crippen molar-refractivity contribution in [2.45, 2.75) is 63.6 Å². The molecule has 1 saturated heterocycles. The largest absolute Gasteiger partial charge is 0.395 e. The van der Waals surface area contributed by atoms with Crippen LogP contribution in [0.3, 0.4) is 0 Å². The van der Waals surface area contributed by atoms with Gasteiger partial charge in [-0.1, -0.05) is 0 Å². The minimum atomic E-state index is -1.68. The van der Waals surface area contributed by atoms with E-state index in [1.807, 2.05) is 0 Å². The Morgan fingerprint density at radius 2 is 1.60 bits per heavy atom. The summed E-state index contributed by atoms with van der Waals surface area (Å²) in [4.78, 5) is 0. The molecule has 1 atom stereocenters. The van der Waals surface area contributed by atoms with E-state index in [2.05, 4.69) is 49.5 Å². The fourth-order valence-corrected chi connectivity index (χ4v) is 6.26. The van der Waals surface area contributed by atoms with Crippen LogP contribution in [0.25, 0.3) is 0 Å². The predicted molar refractivity (Wildman–Crippen MR) is 87.1 cm³/mol. The van der Waals surface area contributed by atoms with Gasteiger partial charge in [0.15, 0.2) is 16.6 Å². The first-order chi connectivity index (χ1) is 8.99. The van der Waals surface area contributed by atoms with Crippen LogP contribution in [0.5, 0.6) is 0 Å². The maximum Gasteiger partial charge on any atom is 0.187 e. The molecule has 1 fully saturated rings. The van der Waals surface area contributed by atoms with Crippen LogP contribution in [0.2, 0.25) is 39.3 Å². The van der Waals surface area contributed by atoms with Crippen LogP contribution < -0.4 is 0 Å². The summed E-state index contributed by atoms with van der Waals surface area (Å²) < 4.78 is 23.1. The van der Waals surface area contributed by atoms with Gasteiger partial charge in [0.1, 0.15) is 21.8 Å². The maximum atomic E-state index is 6.23. The Bertz CT molecular complexity index is 279. The molecule has 0 saturated carbocycles. The van der Waals surface area contributed by atoms with E-state index >= 15 is 0 Å². The second kappa shape index (κ2) is 7.17. The van der Waals surface area contributed by atoms with Crippen LogP contribution in [0.1, 0.15) is 12.8 Å². The summed E-state index contributed by atoms with van der Waals surface area (Å²) in [5.74, 6) is 0. The molecule has 0 aliphatic carbocycles. The molecule has 0 amide bonds. The molecule has 0 aromatic heterocycles. The van der Waals surface area contributed by atoms with Gasteiger partial charge in [-0.3, -0.25) is 0 Å². The molecule has 0 aromatic rings. The third-order valence-corrected chi connectivity index (χ3v) is 5.19. The number of rotatable bonds is 10. The Balaban J connectivity index is 2.39. The summed E-state index contributed by atoms with van der Waals surface area (Å²) in [7, 11) is 0.393. The summed E-state index contributed by atoms with van der Waals surface area (Å²) in [6.45, 7) is 15.3. The van der Waals surface area contributed by atoms with E-state index in [1.54, 1.807) is 0 Å². The zero-order chi connectivity index (χ0) is 15.4. The van der Waals surface area contributed by atoms with Gasteiger partial charge < -0.3 is 18.3 Å². The summed E-state index contributed by atoms with van der Waals surface area (Å²) >= 11 is 0. The van der Waals surface area contributed by atoms with Crippen molar-refractivity contribution in [2.75, 3.05) is 19.8 Å².